The molecule has 0 aliphatic heterocycles. The topological polar surface area (TPSA) is 107 Å². The number of esters is 1. The minimum absolute atomic E-state index is 0.0694. The number of carbonyl (C=O) groups is 2. The largest absolute Gasteiger partial charge is 0.455 e. The molecule has 1 amide bonds. The summed E-state index contributed by atoms with van der Waals surface area (Å²) in [6.07, 6.45) is -1.07. The van der Waals surface area contributed by atoms with Crippen molar-refractivity contribution in [3.8, 4) is 0 Å². The van der Waals surface area contributed by atoms with Gasteiger partial charge in [-0.2, -0.15) is 0 Å². The van der Waals surface area contributed by atoms with Crippen LogP contribution in [0.3, 0.4) is 0 Å². The molecule has 0 heterocycles. The van der Waals surface area contributed by atoms with Gasteiger partial charge in [0.15, 0.2) is 6.10 Å². The summed E-state index contributed by atoms with van der Waals surface area (Å²) >= 11 is 12.5. The number of hydrogen-bond donors (Lipinski definition) is 3. The standard InChI is InChI=1S/C23H21Cl2N3O3/c24-16-10-6-11-17(25)21(16)28-18-12-5-4-9-15(18)13-19(29)31-22(20(26)23(27)30)14-7-2-1-3-8-14/h1-12,20,22,28H,13,26H2,(H2,27,30)/t20-,22+/m0/s1. The Morgan fingerprint density at radius 3 is 2.16 bits per heavy atom. The molecule has 3 aromatic rings. The zero-order valence-electron chi connectivity index (χ0n) is 16.4. The van der Waals surface area contributed by atoms with E-state index in [1.807, 2.05) is 6.07 Å². The SMILES string of the molecule is NC(=O)[C@@H](N)[C@H](OC(=O)Cc1ccccc1Nc1c(Cl)cccc1Cl)c1ccccc1. The molecule has 0 aromatic heterocycles. The van der Waals surface area contributed by atoms with Crippen molar-refractivity contribution in [3.05, 3.63) is 94.0 Å². The minimum Gasteiger partial charge on any atom is -0.455 e. The maximum Gasteiger partial charge on any atom is 0.311 e. The summed E-state index contributed by atoms with van der Waals surface area (Å²) in [5.74, 6) is -1.33. The van der Waals surface area contributed by atoms with Crippen LogP contribution in [0.4, 0.5) is 11.4 Å². The van der Waals surface area contributed by atoms with Gasteiger partial charge in [0, 0.05) is 5.69 Å². The fourth-order valence-electron chi connectivity index (χ4n) is 3.03. The first-order valence-electron chi connectivity index (χ1n) is 9.45. The molecule has 0 bridgehead atoms. The van der Waals surface area contributed by atoms with Gasteiger partial charge in [0.05, 0.1) is 22.2 Å². The van der Waals surface area contributed by atoms with Gasteiger partial charge in [0.1, 0.15) is 6.04 Å². The van der Waals surface area contributed by atoms with Gasteiger partial charge in [-0.25, -0.2) is 0 Å². The van der Waals surface area contributed by atoms with Crippen LogP contribution in [-0.4, -0.2) is 17.9 Å². The highest BCUT2D eigenvalue weighted by Crippen LogP contribution is 2.34. The van der Waals surface area contributed by atoms with Crippen LogP contribution >= 0.6 is 23.2 Å². The van der Waals surface area contributed by atoms with Crippen molar-refractivity contribution in [3.63, 3.8) is 0 Å². The van der Waals surface area contributed by atoms with Crippen molar-refractivity contribution < 1.29 is 14.3 Å². The molecule has 2 atom stereocenters. The quantitative estimate of drug-likeness (QED) is 0.435. The van der Waals surface area contributed by atoms with E-state index in [0.717, 1.165) is 0 Å². The number of para-hydroxylation sites is 2. The van der Waals surface area contributed by atoms with Gasteiger partial charge in [0.2, 0.25) is 5.91 Å². The number of nitrogens with one attached hydrogen (secondary N) is 1. The van der Waals surface area contributed by atoms with Gasteiger partial charge >= 0.3 is 5.97 Å². The number of primary amides is 1. The third-order valence-electron chi connectivity index (χ3n) is 4.62. The zero-order chi connectivity index (χ0) is 22.4. The Hall–Kier alpha value is -3.06. The number of amides is 1. The van der Waals surface area contributed by atoms with Crippen molar-refractivity contribution in [2.75, 3.05) is 5.32 Å². The second-order valence-corrected chi connectivity index (χ2v) is 7.62. The number of carbonyl (C=O) groups excluding carboxylic acids is 2. The number of rotatable bonds is 8. The van der Waals surface area contributed by atoms with Crippen LogP contribution in [0.2, 0.25) is 10.0 Å². The highest BCUT2D eigenvalue weighted by Gasteiger charge is 2.28. The highest BCUT2D eigenvalue weighted by molar-refractivity contribution is 6.39. The number of benzene rings is 3. The summed E-state index contributed by atoms with van der Waals surface area (Å²) < 4.78 is 5.57. The molecule has 0 radical (unpaired) electrons. The molecule has 160 valence electrons. The second-order valence-electron chi connectivity index (χ2n) is 6.80. The fourth-order valence-corrected chi connectivity index (χ4v) is 3.52. The van der Waals surface area contributed by atoms with E-state index in [0.29, 0.717) is 32.5 Å². The summed E-state index contributed by atoms with van der Waals surface area (Å²) in [5, 5.41) is 4.06. The van der Waals surface area contributed by atoms with Crippen molar-refractivity contribution in [1.82, 2.24) is 0 Å². The lowest BCUT2D eigenvalue weighted by Gasteiger charge is -2.23. The van der Waals surface area contributed by atoms with Gasteiger partial charge in [-0.1, -0.05) is 77.8 Å². The van der Waals surface area contributed by atoms with Gasteiger partial charge in [-0.05, 0) is 29.3 Å². The Morgan fingerprint density at radius 2 is 1.52 bits per heavy atom. The lowest BCUT2D eigenvalue weighted by Crippen LogP contribution is -2.43. The van der Waals surface area contributed by atoms with Gasteiger partial charge in [-0.15, -0.1) is 0 Å². The van der Waals surface area contributed by atoms with Crippen molar-refractivity contribution in [1.29, 1.82) is 0 Å². The molecule has 0 spiro atoms. The molecule has 0 aliphatic rings. The van der Waals surface area contributed by atoms with E-state index in [9.17, 15) is 9.59 Å². The average molecular weight is 458 g/mol. The molecule has 0 saturated heterocycles. The first-order valence-corrected chi connectivity index (χ1v) is 10.2. The second kappa shape index (κ2) is 10.3. The van der Waals surface area contributed by atoms with E-state index >= 15 is 0 Å². The predicted octanol–water partition coefficient (Wildman–Crippen LogP) is 4.38. The summed E-state index contributed by atoms with van der Waals surface area (Å²) in [6, 6.07) is 19.9. The lowest BCUT2D eigenvalue weighted by atomic mass is 10.0. The number of nitrogens with two attached hydrogens (primary N) is 2. The van der Waals surface area contributed by atoms with Gasteiger partial charge in [-0.3, -0.25) is 9.59 Å². The Labute approximate surface area is 190 Å². The minimum atomic E-state index is -1.18. The normalized spacial score (nSPS) is 12.6. The Kier molecular flexibility index (Phi) is 7.52. The zero-order valence-corrected chi connectivity index (χ0v) is 17.9. The van der Waals surface area contributed by atoms with Crippen LogP contribution in [0.15, 0.2) is 72.8 Å². The summed E-state index contributed by atoms with van der Waals surface area (Å²) in [6.45, 7) is 0. The van der Waals surface area contributed by atoms with E-state index < -0.39 is 24.0 Å². The molecule has 6 nitrogen and oxygen atoms in total. The first-order chi connectivity index (χ1) is 14.9. The summed E-state index contributed by atoms with van der Waals surface area (Å²) in [7, 11) is 0. The van der Waals surface area contributed by atoms with E-state index in [1.165, 1.54) is 0 Å². The Balaban J connectivity index is 1.81. The third kappa shape index (κ3) is 5.76. The summed E-state index contributed by atoms with van der Waals surface area (Å²) in [5.41, 5.74) is 13.7. The van der Waals surface area contributed by atoms with E-state index in [1.54, 1.807) is 66.7 Å². The van der Waals surface area contributed by atoms with Crippen LogP contribution in [0.1, 0.15) is 17.2 Å². The van der Waals surface area contributed by atoms with Crippen LogP contribution < -0.4 is 16.8 Å². The predicted molar refractivity (Wildman–Crippen MR) is 122 cm³/mol. The third-order valence-corrected chi connectivity index (χ3v) is 5.25. The molecule has 0 unspecified atom stereocenters. The molecule has 3 aromatic carbocycles. The Morgan fingerprint density at radius 1 is 0.903 bits per heavy atom. The molecular formula is C23H21Cl2N3O3. The number of ether oxygens (including phenoxy) is 1. The lowest BCUT2D eigenvalue weighted by molar-refractivity contribution is -0.150. The molecule has 5 N–H and O–H groups in total. The van der Waals surface area contributed by atoms with Gasteiger partial charge < -0.3 is 21.5 Å². The maximum absolute atomic E-state index is 12.8. The molecule has 31 heavy (non-hydrogen) atoms. The maximum atomic E-state index is 12.8. The Bertz CT molecular complexity index is 1060. The van der Waals surface area contributed by atoms with E-state index in [-0.39, 0.29) is 6.42 Å². The summed E-state index contributed by atoms with van der Waals surface area (Å²) in [4.78, 5) is 24.4. The fraction of sp³-hybridized carbons (Fsp3) is 0.130. The van der Waals surface area contributed by atoms with Crippen LogP contribution in [-0.2, 0) is 20.7 Å². The monoisotopic (exact) mass is 457 g/mol. The number of halogens is 2. The molecular weight excluding hydrogens is 437 g/mol. The van der Waals surface area contributed by atoms with Gasteiger partial charge in [0.25, 0.3) is 0 Å². The van der Waals surface area contributed by atoms with Crippen molar-refractivity contribution >= 4 is 46.5 Å². The smallest absolute Gasteiger partial charge is 0.311 e. The number of hydrogen-bond acceptors (Lipinski definition) is 5. The number of anilines is 2. The molecule has 0 fully saturated rings. The molecule has 0 aliphatic carbocycles. The van der Waals surface area contributed by atoms with Crippen molar-refractivity contribution in [2.24, 2.45) is 11.5 Å². The molecule has 3 rings (SSSR count). The van der Waals surface area contributed by atoms with E-state index in [4.69, 9.17) is 39.4 Å². The van der Waals surface area contributed by atoms with Crippen molar-refractivity contribution in [2.45, 2.75) is 18.6 Å². The first kappa shape index (κ1) is 22.6. The van der Waals surface area contributed by atoms with Crippen LogP contribution in [0.25, 0.3) is 0 Å². The highest BCUT2D eigenvalue weighted by atomic mass is 35.5. The molecule has 8 heteroatoms. The molecule has 0 saturated carbocycles. The van der Waals surface area contributed by atoms with Crippen LogP contribution in [0, 0.1) is 0 Å². The van der Waals surface area contributed by atoms with E-state index in [2.05, 4.69) is 5.32 Å². The van der Waals surface area contributed by atoms with Crippen LogP contribution in [0.5, 0.6) is 0 Å². The average Bonchev–Trinajstić information content (AvgIpc) is 2.76.